The van der Waals surface area contributed by atoms with Crippen LogP contribution in [0.15, 0.2) is 170 Å². The van der Waals surface area contributed by atoms with Gasteiger partial charge in [-0.05, 0) is 135 Å². The summed E-state index contributed by atoms with van der Waals surface area (Å²) in [6.45, 7) is 8.50. The number of rotatable bonds is 3. The summed E-state index contributed by atoms with van der Waals surface area (Å²) in [6.07, 6.45) is 0. The Labute approximate surface area is 305 Å². The van der Waals surface area contributed by atoms with Crippen LogP contribution in [-0.2, 0) is 0 Å². The van der Waals surface area contributed by atoms with Crippen molar-refractivity contribution in [2.75, 3.05) is 0 Å². The molecule has 0 aliphatic heterocycles. The molecule has 10 aromatic carbocycles. The summed E-state index contributed by atoms with van der Waals surface area (Å²) >= 11 is 0. The summed E-state index contributed by atoms with van der Waals surface area (Å²) in [7, 11) is 0. The first-order valence-electron chi connectivity index (χ1n) is 18.5. The van der Waals surface area contributed by atoms with E-state index in [0.29, 0.717) is 0 Å². The number of aryl methyl sites for hydroxylation is 2. The van der Waals surface area contributed by atoms with Crippen molar-refractivity contribution in [1.82, 2.24) is 0 Å². The third-order valence-corrected chi connectivity index (χ3v) is 11.0. The van der Waals surface area contributed by atoms with Crippen LogP contribution < -0.4 is 0 Å². The molecule has 10 rings (SSSR count). The maximum Gasteiger partial charge on any atom is -0.00261 e. The second-order valence-electron chi connectivity index (χ2n) is 13.7. The molecule has 0 heterocycles. The first-order chi connectivity index (χ1) is 25.7. The maximum atomic E-state index is 2.43. The second kappa shape index (κ2) is 12.8. The Morgan fingerprint density at radius 1 is 0.288 bits per heavy atom. The molecule has 0 bridgehead atoms. The highest BCUT2D eigenvalue weighted by atomic mass is 14.2. The Balaban J connectivity index is 0.00000177. The van der Waals surface area contributed by atoms with Crippen LogP contribution in [0.4, 0.5) is 0 Å². The highest BCUT2D eigenvalue weighted by Gasteiger charge is 2.19. The molecule has 0 amide bonds. The quantitative estimate of drug-likeness (QED) is 0.130. The molecule has 0 radical (unpaired) electrons. The minimum Gasteiger partial charge on any atom is -0.0683 e. The van der Waals surface area contributed by atoms with Crippen LogP contribution in [0, 0.1) is 13.8 Å². The molecule has 0 aromatic heterocycles. The molecule has 0 nitrogen and oxygen atoms in total. The minimum atomic E-state index is 1.24. The van der Waals surface area contributed by atoms with Crippen molar-refractivity contribution in [3.05, 3.63) is 181 Å². The van der Waals surface area contributed by atoms with Gasteiger partial charge in [-0.3, -0.25) is 0 Å². The van der Waals surface area contributed by atoms with Gasteiger partial charge >= 0.3 is 0 Å². The Kier molecular flexibility index (Phi) is 7.82. The van der Waals surface area contributed by atoms with Gasteiger partial charge in [0.15, 0.2) is 0 Å². The lowest BCUT2D eigenvalue weighted by atomic mass is 9.83. The number of hydrogen-bond acceptors (Lipinski definition) is 0. The van der Waals surface area contributed by atoms with Crippen LogP contribution in [-0.4, -0.2) is 0 Å². The van der Waals surface area contributed by atoms with Gasteiger partial charge in [-0.15, -0.1) is 0 Å². The lowest BCUT2D eigenvalue weighted by molar-refractivity contribution is 1.43. The predicted molar refractivity (Wildman–Crippen MR) is 229 cm³/mol. The lowest BCUT2D eigenvalue weighted by Gasteiger charge is -2.20. The zero-order valence-corrected chi connectivity index (χ0v) is 30.2. The zero-order chi connectivity index (χ0) is 35.3. The number of fused-ring (bicyclic) bond motifs is 9. The van der Waals surface area contributed by atoms with Gasteiger partial charge in [0, 0.05) is 0 Å². The van der Waals surface area contributed by atoms with Crippen molar-refractivity contribution in [1.29, 1.82) is 0 Å². The molecule has 248 valence electrons. The Bertz CT molecular complexity index is 2900. The molecule has 0 saturated carbocycles. The van der Waals surface area contributed by atoms with Gasteiger partial charge in [-0.2, -0.15) is 0 Å². The van der Waals surface area contributed by atoms with Crippen molar-refractivity contribution >= 4 is 64.6 Å². The van der Waals surface area contributed by atoms with Crippen molar-refractivity contribution in [3.8, 4) is 33.4 Å². The summed E-state index contributed by atoms with van der Waals surface area (Å²) in [5.74, 6) is 0. The fraction of sp³-hybridized carbons (Fsp3) is 0.0769. The van der Waals surface area contributed by atoms with E-state index in [1.165, 1.54) is 109 Å². The van der Waals surface area contributed by atoms with Crippen LogP contribution in [0.25, 0.3) is 98.0 Å². The molecule has 0 spiro atoms. The van der Waals surface area contributed by atoms with E-state index in [-0.39, 0.29) is 0 Å². The summed E-state index contributed by atoms with van der Waals surface area (Å²) in [5.41, 5.74) is 10.3. The second-order valence-corrected chi connectivity index (χ2v) is 13.7. The Morgan fingerprint density at radius 2 is 0.692 bits per heavy atom. The van der Waals surface area contributed by atoms with E-state index in [9.17, 15) is 0 Å². The molecule has 10 aromatic rings. The van der Waals surface area contributed by atoms with E-state index >= 15 is 0 Å². The normalized spacial score (nSPS) is 11.5. The smallest absolute Gasteiger partial charge is 0.00261 e. The van der Waals surface area contributed by atoms with Gasteiger partial charge in [0.2, 0.25) is 0 Å². The number of hydrogen-bond donors (Lipinski definition) is 0. The topological polar surface area (TPSA) is 0 Å². The van der Waals surface area contributed by atoms with Gasteiger partial charge in [0.1, 0.15) is 0 Å². The first kappa shape index (κ1) is 31.7. The minimum absolute atomic E-state index is 1.24. The first-order valence-corrected chi connectivity index (χ1v) is 18.5. The molecule has 0 saturated heterocycles. The van der Waals surface area contributed by atoms with Gasteiger partial charge in [0.05, 0.1) is 0 Å². The molecule has 0 heteroatoms. The average molecular weight is 665 g/mol. The van der Waals surface area contributed by atoms with Crippen molar-refractivity contribution in [2.45, 2.75) is 27.7 Å². The lowest BCUT2D eigenvalue weighted by Crippen LogP contribution is -1.93. The van der Waals surface area contributed by atoms with Crippen LogP contribution in [0.1, 0.15) is 25.0 Å². The van der Waals surface area contributed by atoms with E-state index < -0.39 is 0 Å². The van der Waals surface area contributed by atoms with E-state index in [1.54, 1.807) is 0 Å². The third kappa shape index (κ3) is 4.90. The summed E-state index contributed by atoms with van der Waals surface area (Å²) in [4.78, 5) is 0. The average Bonchev–Trinajstić information content (AvgIpc) is 3.21. The highest BCUT2D eigenvalue weighted by Crippen LogP contribution is 2.46. The number of benzene rings is 10. The highest BCUT2D eigenvalue weighted by molar-refractivity contribution is 6.27. The Morgan fingerprint density at radius 3 is 1.23 bits per heavy atom. The summed E-state index contributed by atoms with van der Waals surface area (Å²) in [5, 5.41) is 15.5. The molecule has 0 aliphatic carbocycles. The molecule has 0 aliphatic rings. The standard InChI is InChI=1S/C50H34.C2H6/c1-31-23-24-34(29-47(31)37-27-25-33-13-3-4-14-36(33)32(37)2)49-43-19-9-11-21-45(43)50(46-22-12-10-20-44(46)49)35-26-28-42-40-17-6-5-15-38(40)39-16-7-8-18-41(39)48(42)30-35;1-2/h3-30H,1-2H3;1-2H3. The van der Waals surface area contributed by atoms with Crippen molar-refractivity contribution in [3.63, 3.8) is 0 Å². The molecule has 0 atom stereocenters. The predicted octanol–water partition coefficient (Wildman–Crippen LogP) is 15.2. The van der Waals surface area contributed by atoms with E-state index in [0.717, 1.165) is 0 Å². The molecule has 0 N–H and O–H groups in total. The fourth-order valence-electron chi connectivity index (χ4n) is 8.60. The molecule has 52 heavy (non-hydrogen) atoms. The fourth-order valence-corrected chi connectivity index (χ4v) is 8.60. The maximum absolute atomic E-state index is 2.43. The molecule has 0 unspecified atom stereocenters. The van der Waals surface area contributed by atoms with Crippen LogP contribution in [0.5, 0.6) is 0 Å². The van der Waals surface area contributed by atoms with Gasteiger partial charge < -0.3 is 0 Å². The van der Waals surface area contributed by atoms with Gasteiger partial charge in [-0.25, -0.2) is 0 Å². The Hall–Kier alpha value is -6.24. The largest absolute Gasteiger partial charge is 0.0683 e. The summed E-state index contributed by atoms with van der Waals surface area (Å²) in [6, 6.07) is 63.1. The molecule has 0 fully saturated rings. The van der Waals surface area contributed by atoms with Gasteiger partial charge in [-0.1, -0.05) is 172 Å². The van der Waals surface area contributed by atoms with Gasteiger partial charge in [0.25, 0.3) is 0 Å². The third-order valence-electron chi connectivity index (χ3n) is 11.0. The van der Waals surface area contributed by atoms with E-state index in [1.807, 2.05) is 13.8 Å². The molecular formula is C52H40. The van der Waals surface area contributed by atoms with Crippen molar-refractivity contribution in [2.24, 2.45) is 0 Å². The monoisotopic (exact) mass is 664 g/mol. The molecular weight excluding hydrogens is 625 g/mol. The van der Waals surface area contributed by atoms with E-state index in [2.05, 4.69) is 184 Å². The summed E-state index contributed by atoms with van der Waals surface area (Å²) < 4.78 is 0. The van der Waals surface area contributed by atoms with Crippen LogP contribution in [0.3, 0.4) is 0 Å². The van der Waals surface area contributed by atoms with E-state index in [4.69, 9.17) is 0 Å². The zero-order valence-electron chi connectivity index (χ0n) is 30.2. The van der Waals surface area contributed by atoms with Crippen molar-refractivity contribution < 1.29 is 0 Å². The van der Waals surface area contributed by atoms with Crippen LogP contribution in [0.2, 0.25) is 0 Å². The van der Waals surface area contributed by atoms with Crippen LogP contribution >= 0.6 is 0 Å². The SMILES string of the molecule is CC.Cc1ccc(-c2c3ccccc3c(-c3ccc4c5ccccc5c5ccccc5c4c3)c3ccccc23)cc1-c1ccc2ccccc2c1C.